The van der Waals surface area contributed by atoms with Gasteiger partial charge in [-0.3, -0.25) is 19.5 Å². The molecule has 0 aliphatic heterocycles. The molecule has 0 bridgehead atoms. The third-order valence-corrected chi connectivity index (χ3v) is 11.1. The van der Waals surface area contributed by atoms with Crippen LogP contribution >= 0.6 is 19.2 Å². The molecule has 6 N–H and O–H groups in total. The number of halogens is 1. The van der Waals surface area contributed by atoms with Crippen molar-refractivity contribution in [3.05, 3.63) is 131 Å². The summed E-state index contributed by atoms with van der Waals surface area (Å²) in [4.78, 5) is 49.3. The number of benzene rings is 4. The number of imidazole rings is 1. The zero-order chi connectivity index (χ0) is 39.6. The van der Waals surface area contributed by atoms with Gasteiger partial charge in [-0.2, -0.15) is 0 Å². The summed E-state index contributed by atoms with van der Waals surface area (Å²) in [5.41, 5.74) is 4.91. The Kier molecular flexibility index (Phi) is 14.2. The summed E-state index contributed by atoms with van der Waals surface area (Å²) in [5, 5.41) is 15.1. The predicted octanol–water partition coefficient (Wildman–Crippen LogP) is 5.01. The number of hydrogen-bond donors (Lipinski definition) is 6. The number of amides is 2. The van der Waals surface area contributed by atoms with Crippen LogP contribution in [-0.2, 0) is 50.2 Å². The highest BCUT2D eigenvalue weighted by atomic mass is 35.5. The number of aryl methyl sites for hydroxylation is 1. The standard InChI is InChI=1S/C39H43ClN5O8PS/c1-2-3-13-36-43-38(40)34(25-46)45(36)24-28-16-20-31(21-17-28)32-11-7-8-12-35(32)55(52,53)44-37(47)23-41-39(48)33(42-26-54(49,50)51)22-27-14-18-30(19-15-27)29-9-5-4-6-10-29/h4-12,14-21,33,42,46H,2-3,13,22-26H2,1H3,(H,41,48)(H,44,47)(H2,49,50,51)/t33-/m0/s1. The van der Waals surface area contributed by atoms with Gasteiger partial charge in [0.05, 0.1) is 36.1 Å². The third kappa shape index (κ3) is 11.4. The molecule has 5 aromatic rings. The first-order chi connectivity index (χ1) is 26.3. The second-order valence-electron chi connectivity index (χ2n) is 12.9. The first kappa shape index (κ1) is 41.5. The van der Waals surface area contributed by atoms with Crippen LogP contribution in [0.1, 0.15) is 42.4 Å². The molecule has 0 radical (unpaired) electrons. The SMILES string of the molecule is CCCCc1nc(Cl)c(CO)n1Cc1ccc(-c2ccccc2S(=O)(=O)NC(=O)CNC(=O)[C@H](Cc2ccc(-c3ccccc3)cc2)NCP(=O)(O)O)cc1. The lowest BCUT2D eigenvalue weighted by Crippen LogP contribution is -2.49. The minimum Gasteiger partial charge on any atom is -0.390 e. The number of carbonyl (C=O) groups is 2. The molecule has 0 fully saturated rings. The fourth-order valence-electron chi connectivity index (χ4n) is 6.00. The van der Waals surface area contributed by atoms with Gasteiger partial charge >= 0.3 is 7.60 Å². The Balaban J connectivity index is 1.25. The highest BCUT2D eigenvalue weighted by molar-refractivity contribution is 7.90. The molecule has 2 amide bonds. The van der Waals surface area contributed by atoms with E-state index in [2.05, 4.69) is 22.5 Å². The van der Waals surface area contributed by atoms with Gasteiger partial charge in [0.25, 0.3) is 15.9 Å². The lowest BCUT2D eigenvalue weighted by Gasteiger charge is -2.19. The maximum Gasteiger partial charge on any atom is 0.339 e. The number of aliphatic hydroxyl groups is 1. The fourth-order valence-corrected chi connectivity index (χ4v) is 7.93. The van der Waals surface area contributed by atoms with Crippen molar-refractivity contribution in [3.8, 4) is 22.3 Å². The van der Waals surface area contributed by atoms with Crippen molar-refractivity contribution >= 4 is 41.0 Å². The summed E-state index contributed by atoms with van der Waals surface area (Å²) in [6.07, 6.45) is 1.83. The van der Waals surface area contributed by atoms with Crippen LogP contribution in [0.3, 0.4) is 0 Å². The zero-order valence-corrected chi connectivity index (χ0v) is 32.5. The minimum atomic E-state index is -4.54. The van der Waals surface area contributed by atoms with Crippen molar-refractivity contribution < 1.29 is 37.5 Å². The van der Waals surface area contributed by atoms with Gasteiger partial charge in [0, 0.05) is 18.5 Å². The van der Waals surface area contributed by atoms with Gasteiger partial charge in [-0.05, 0) is 46.7 Å². The Bertz CT molecular complexity index is 2250. The molecular weight excluding hydrogens is 765 g/mol. The molecule has 16 heteroatoms. The van der Waals surface area contributed by atoms with Crippen molar-refractivity contribution in [1.82, 2.24) is 24.9 Å². The Morgan fingerprint density at radius 3 is 2.15 bits per heavy atom. The Morgan fingerprint density at radius 2 is 1.49 bits per heavy atom. The summed E-state index contributed by atoms with van der Waals surface area (Å²) in [7, 11) is -8.95. The highest BCUT2D eigenvalue weighted by Gasteiger charge is 2.26. The molecular formula is C39H43ClN5O8PS. The van der Waals surface area contributed by atoms with Crippen LogP contribution < -0.4 is 15.4 Å². The van der Waals surface area contributed by atoms with Gasteiger partial charge in [0.2, 0.25) is 5.91 Å². The molecule has 0 unspecified atom stereocenters. The van der Waals surface area contributed by atoms with Gasteiger partial charge in [0.1, 0.15) is 5.82 Å². The average Bonchev–Trinajstić information content (AvgIpc) is 3.47. The number of aromatic nitrogens is 2. The Hall–Kier alpha value is -4.66. The molecule has 0 spiro atoms. The first-order valence-corrected chi connectivity index (χ1v) is 21.2. The zero-order valence-electron chi connectivity index (χ0n) is 30.1. The van der Waals surface area contributed by atoms with E-state index >= 15 is 0 Å². The van der Waals surface area contributed by atoms with Crippen LogP contribution in [-0.4, -0.2) is 63.5 Å². The Morgan fingerprint density at radius 1 is 0.873 bits per heavy atom. The number of nitrogens with zero attached hydrogens (tertiary/aromatic N) is 2. The normalized spacial score (nSPS) is 12.3. The van der Waals surface area contributed by atoms with Crippen molar-refractivity contribution in [2.45, 2.75) is 56.7 Å². The molecule has 0 aliphatic carbocycles. The van der Waals surface area contributed by atoms with Crippen LogP contribution in [0.15, 0.2) is 108 Å². The molecule has 1 atom stereocenters. The van der Waals surface area contributed by atoms with E-state index in [4.69, 9.17) is 11.6 Å². The largest absolute Gasteiger partial charge is 0.390 e. The van der Waals surface area contributed by atoms with Gasteiger partial charge in [-0.1, -0.05) is 122 Å². The van der Waals surface area contributed by atoms with E-state index in [-0.39, 0.29) is 23.1 Å². The lowest BCUT2D eigenvalue weighted by atomic mass is 10.0. The number of nitrogens with one attached hydrogen (secondary N) is 3. The topological polar surface area (TPSA) is 200 Å². The van der Waals surface area contributed by atoms with Crippen LogP contribution in [0.2, 0.25) is 5.15 Å². The van der Waals surface area contributed by atoms with Crippen LogP contribution in [0, 0.1) is 0 Å². The van der Waals surface area contributed by atoms with Gasteiger partial charge < -0.3 is 24.8 Å². The molecule has 0 saturated carbocycles. The van der Waals surface area contributed by atoms with Gasteiger partial charge in [-0.15, -0.1) is 0 Å². The third-order valence-electron chi connectivity index (χ3n) is 8.82. The first-order valence-electron chi connectivity index (χ1n) is 17.6. The summed E-state index contributed by atoms with van der Waals surface area (Å²) >= 11 is 6.30. The summed E-state index contributed by atoms with van der Waals surface area (Å²) in [6.45, 7) is 1.48. The molecule has 0 aliphatic rings. The lowest BCUT2D eigenvalue weighted by molar-refractivity contribution is -0.126. The van der Waals surface area contributed by atoms with Crippen molar-refractivity contribution in [1.29, 1.82) is 0 Å². The van der Waals surface area contributed by atoms with E-state index in [0.29, 0.717) is 35.3 Å². The van der Waals surface area contributed by atoms with E-state index in [1.54, 1.807) is 36.4 Å². The summed E-state index contributed by atoms with van der Waals surface area (Å²) < 4.78 is 42.5. The quantitative estimate of drug-likeness (QED) is 0.0655. The second kappa shape index (κ2) is 18.8. The number of sulfonamides is 1. The van der Waals surface area contributed by atoms with E-state index < -0.39 is 48.3 Å². The smallest absolute Gasteiger partial charge is 0.339 e. The molecule has 4 aromatic carbocycles. The minimum absolute atomic E-state index is 0.0334. The molecule has 290 valence electrons. The number of rotatable bonds is 18. The molecule has 13 nitrogen and oxygen atoms in total. The predicted molar refractivity (Wildman–Crippen MR) is 211 cm³/mol. The molecule has 1 heterocycles. The van der Waals surface area contributed by atoms with E-state index in [1.807, 2.05) is 63.9 Å². The molecule has 0 saturated heterocycles. The molecule has 1 aromatic heterocycles. The average molecular weight is 808 g/mol. The maximum atomic E-state index is 13.5. The number of hydrogen-bond acceptors (Lipinski definition) is 8. The summed E-state index contributed by atoms with van der Waals surface area (Å²) in [6, 6.07) is 29.2. The second-order valence-corrected chi connectivity index (χ2v) is 16.6. The van der Waals surface area contributed by atoms with E-state index in [1.165, 1.54) is 12.1 Å². The number of carbonyl (C=O) groups excluding carboxylic acids is 2. The molecule has 5 rings (SSSR count). The van der Waals surface area contributed by atoms with Gasteiger partial charge in [-0.25, -0.2) is 18.1 Å². The maximum absolute atomic E-state index is 13.5. The van der Waals surface area contributed by atoms with Crippen LogP contribution in [0.25, 0.3) is 22.3 Å². The van der Waals surface area contributed by atoms with E-state index in [9.17, 15) is 37.5 Å². The monoisotopic (exact) mass is 807 g/mol. The van der Waals surface area contributed by atoms with Crippen molar-refractivity contribution in [3.63, 3.8) is 0 Å². The fraction of sp³-hybridized carbons (Fsp3) is 0.256. The summed E-state index contributed by atoms with van der Waals surface area (Å²) in [5.74, 6) is -1.00. The number of aliphatic hydroxyl groups excluding tert-OH is 1. The van der Waals surface area contributed by atoms with Crippen molar-refractivity contribution in [2.24, 2.45) is 0 Å². The number of unbranched alkanes of at least 4 members (excludes halogenated alkanes) is 1. The molecule has 55 heavy (non-hydrogen) atoms. The van der Waals surface area contributed by atoms with Crippen LogP contribution in [0.5, 0.6) is 0 Å². The van der Waals surface area contributed by atoms with E-state index in [0.717, 1.165) is 35.4 Å². The van der Waals surface area contributed by atoms with Crippen molar-refractivity contribution in [2.75, 3.05) is 12.8 Å². The van der Waals surface area contributed by atoms with Crippen LogP contribution in [0.4, 0.5) is 0 Å². The highest BCUT2D eigenvalue weighted by Crippen LogP contribution is 2.32. The Labute approximate surface area is 325 Å². The van der Waals surface area contributed by atoms with Gasteiger partial charge in [0.15, 0.2) is 5.15 Å².